The molecule has 166 valence electrons. The molecule has 0 atom stereocenters. The monoisotopic (exact) mass is 424 g/mol. The highest BCUT2D eigenvalue weighted by Gasteiger charge is 2.37. The van der Waals surface area contributed by atoms with Crippen molar-refractivity contribution in [3.8, 4) is 5.75 Å². The van der Waals surface area contributed by atoms with E-state index in [1.54, 1.807) is 13.8 Å². The molecule has 4 rings (SSSR count). The van der Waals surface area contributed by atoms with Gasteiger partial charge in [-0.2, -0.15) is 0 Å². The summed E-state index contributed by atoms with van der Waals surface area (Å²) in [7, 11) is 0. The number of ether oxygens (including phenoxy) is 2. The van der Waals surface area contributed by atoms with Gasteiger partial charge in [-0.3, -0.25) is 5.43 Å². The van der Waals surface area contributed by atoms with E-state index < -0.39 is 5.97 Å². The molecule has 1 aliphatic heterocycles. The van der Waals surface area contributed by atoms with Crippen LogP contribution in [-0.4, -0.2) is 18.2 Å². The Bertz CT molecular complexity index is 1060. The molecule has 0 saturated heterocycles. The van der Waals surface area contributed by atoms with Crippen molar-refractivity contribution in [2.24, 2.45) is 5.10 Å². The number of rotatable bonds is 5. The van der Waals surface area contributed by atoms with Gasteiger partial charge in [0, 0.05) is 29.3 Å². The molecule has 2 aliphatic rings. The fourth-order valence-corrected chi connectivity index (χ4v) is 4.68. The Morgan fingerprint density at radius 2 is 2.00 bits per heavy atom. The molecular weight excluding hydrogens is 392 g/mol. The summed E-state index contributed by atoms with van der Waals surface area (Å²) in [5.41, 5.74) is 7.14. The van der Waals surface area contributed by atoms with Crippen LogP contribution in [0.15, 0.2) is 39.5 Å². The number of hydrogen-bond donors (Lipinski definition) is 1. The topological polar surface area (TPSA) is 73.1 Å². The minimum Gasteiger partial charge on any atom is -0.487 e. The second kappa shape index (κ2) is 9.16. The van der Waals surface area contributed by atoms with E-state index in [-0.39, 0.29) is 5.60 Å². The summed E-state index contributed by atoms with van der Waals surface area (Å²) in [5.74, 6) is 0.558. The SMILES string of the molecule is CCOC(=O)C=C(C)NN=c1cc(CC)c2cc3c(cc2o1)OC1(CCCCC1)CC3. The van der Waals surface area contributed by atoms with Gasteiger partial charge in [0.1, 0.15) is 16.9 Å². The lowest BCUT2D eigenvalue weighted by Crippen LogP contribution is -2.41. The molecule has 1 N–H and O–H groups in total. The number of carbonyl (C=O) groups is 1. The molecule has 2 heterocycles. The standard InChI is InChI=1S/C25H32N2O4/c1-4-18-15-23(27-26-17(3)13-24(28)29-5-2)30-22-16-21-19(14-20(18)22)9-12-25(31-21)10-7-6-8-11-25/h13-16,26H,4-12H2,1-3H3. The smallest absolute Gasteiger partial charge is 0.332 e. The van der Waals surface area contributed by atoms with Crippen LogP contribution >= 0.6 is 0 Å². The zero-order valence-corrected chi connectivity index (χ0v) is 18.8. The van der Waals surface area contributed by atoms with E-state index in [0.717, 1.165) is 48.8 Å². The van der Waals surface area contributed by atoms with Crippen molar-refractivity contribution < 1.29 is 18.7 Å². The third kappa shape index (κ3) is 4.78. The average Bonchev–Trinajstić information content (AvgIpc) is 2.76. The summed E-state index contributed by atoms with van der Waals surface area (Å²) in [5, 5.41) is 5.45. The molecule has 2 aromatic rings. The molecule has 6 nitrogen and oxygen atoms in total. The summed E-state index contributed by atoms with van der Waals surface area (Å²) < 4.78 is 17.6. The molecule has 1 fully saturated rings. The van der Waals surface area contributed by atoms with Gasteiger partial charge in [0.2, 0.25) is 5.55 Å². The van der Waals surface area contributed by atoms with Crippen molar-refractivity contribution in [2.45, 2.75) is 77.7 Å². The van der Waals surface area contributed by atoms with Crippen LogP contribution in [0.25, 0.3) is 11.0 Å². The Labute approximate surface area is 183 Å². The van der Waals surface area contributed by atoms with Crippen LogP contribution in [0.2, 0.25) is 0 Å². The predicted molar refractivity (Wildman–Crippen MR) is 119 cm³/mol. The first kappa shape index (κ1) is 21.5. The first-order valence-corrected chi connectivity index (χ1v) is 11.5. The van der Waals surface area contributed by atoms with Gasteiger partial charge >= 0.3 is 5.97 Å². The number of nitrogens with zero attached hydrogens (tertiary/aromatic N) is 1. The summed E-state index contributed by atoms with van der Waals surface area (Å²) >= 11 is 0. The maximum absolute atomic E-state index is 11.6. The molecule has 1 aromatic heterocycles. The van der Waals surface area contributed by atoms with Gasteiger partial charge in [-0.05, 0) is 76.0 Å². The van der Waals surface area contributed by atoms with Gasteiger partial charge in [0.15, 0.2) is 0 Å². The molecule has 1 spiro atoms. The minimum absolute atomic E-state index is 0.00502. The summed E-state index contributed by atoms with van der Waals surface area (Å²) in [6.07, 6.45) is 10.5. The van der Waals surface area contributed by atoms with E-state index in [1.807, 2.05) is 12.1 Å². The predicted octanol–water partition coefficient (Wildman–Crippen LogP) is 4.90. The van der Waals surface area contributed by atoms with Crippen molar-refractivity contribution in [3.63, 3.8) is 0 Å². The quantitative estimate of drug-likeness (QED) is 0.420. The number of aryl methyl sites for hydroxylation is 2. The van der Waals surface area contributed by atoms with Crippen molar-refractivity contribution in [2.75, 3.05) is 6.61 Å². The van der Waals surface area contributed by atoms with Crippen molar-refractivity contribution in [1.82, 2.24) is 5.43 Å². The number of hydrogen-bond acceptors (Lipinski definition) is 6. The highest BCUT2D eigenvalue weighted by molar-refractivity contribution is 5.83. The van der Waals surface area contributed by atoms with Crippen molar-refractivity contribution >= 4 is 16.9 Å². The molecular formula is C25H32N2O4. The van der Waals surface area contributed by atoms with Gasteiger partial charge in [0.05, 0.1) is 6.61 Å². The van der Waals surface area contributed by atoms with Crippen LogP contribution in [0.4, 0.5) is 0 Å². The van der Waals surface area contributed by atoms with Crippen molar-refractivity contribution in [3.05, 3.63) is 46.7 Å². The molecule has 1 saturated carbocycles. The van der Waals surface area contributed by atoms with E-state index in [9.17, 15) is 4.79 Å². The molecule has 0 radical (unpaired) electrons. The maximum Gasteiger partial charge on any atom is 0.332 e. The normalized spacial score (nSPS) is 18.5. The number of fused-ring (bicyclic) bond motifs is 2. The molecule has 0 bridgehead atoms. The number of nitrogens with one attached hydrogen (secondary N) is 1. The second-order valence-electron chi connectivity index (χ2n) is 8.57. The van der Waals surface area contributed by atoms with Gasteiger partial charge in [-0.15, -0.1) is 5.10 Å². The van der Waals surface area contributed by atoms with Crippen molar-refractivity contribution in [1.29, 1.82) is 0 Å². The average molecular weight is 425 g/mol. The molecule has 6 heteroatoms. The second-order valence-corrected chi connectivity index (χ2v) is 8.57. The minimum atomic E-state index is -0.396. The van der Waals surface area contributed by atoms with Crippen LogP contribution in [0.5, 0.6) is 5.75 Å². The molecule has 31 heavy (non-hydrogen) atoms. The molecule has 1 aromatic carbocycles. The fourth-order valence-electron chi connectivity index (χ4n) is 4.68. The third-order valence-electron chi connectivity index (χ3n) is 6.31. The highest BCUT2D eigenvalue weighted by atomic mass is 16.5. The lowest BCUT2D eigenvalue weighted by Gasteiger charge is -2.41. The fraction of sp³-hybridized carbons (Fsp3) is 0.520. The van der Waals surface area contributed by atoms with E-state index >= 15 is 0 Å². The lowest BCUT2D eigenvalue weighted by molar-refractivity contribution is -0.137. The Hall–Kier alpha value is -2.76. The first-order valence-electron chi connectivity index (χ1n) is 11.5. The Balaban J connectivity index is 1.66. The van der Waals surface area contributed by atoms with Crippen LogP contribution in [0, 0.1) is 0 Å². The molecule has 0 unspecified atom stereocenters. The van der Waals surface area contributed by atoms with Crippen LogP contribution in [0.1, 0.15) is 70.4 Å². The summed E-state index contributed by atoms with van der Waals surface area (Å²) in [6, 6.07) is 6.22. The van der Waals surface area contributed by atoms with E-state index in [4.69, 9.17) is 13.9 Å². The highest BCUT2D eigenvalue weighted by Crippen LogP contribution is 2.43. The lowest BCUT2D eigenvalue weighted by atomic mass is 9.79. The summed E-state index contributed by atoms with van der Waals surface area (Å²) in [4.78, 5) is 11.6. The van der Waals surface area contributed by atoms with E-state index in [2.05, 4.69) is 23.5 Å². The molecule has 1 aliphatic carbocycles. The van der Waals surface area contributed by atoms with Gasteiger partial charge in [-0.1, -0.05) is 13.3 Å². The number of allylic oxidation sites excluding steroid dienone is 1. The van der Waals surface area contributed by atoms with Gasteiger partial charge < -0.3 is 13.9 Å². The first-order chi connectivity index (χ1) is 15.0. The van der Waals surface area contributed by atoms with Crippen LogP contribution in [-0.2, 0) is 22.4 Å². The zero-order chi connectivity index (χ0) is 21.8. The zero-order valence-electron chi connectivity index (χ0n) is 18.8. The largest absolute Gasteiger partial charge is 0.487 e. The van der Waals surface area contributed by atoms with E-state index in [0.29, 0.717) is 17.9 Å². The van der Waals surface area contributed by atoms with Crippen LogP contribution in [0.3, 0.4) is 0 Å². The van der Waals surface area contributed by atoms with Gasteiger partial charge in [0.25, 0.3) is 0 Å². The van der Waals surface area contributed by atoms with Crippen LogP contribution < -0.4 is 15.7 Å². The Morgan fingerprint density at radius 3 is 2.74 bits per heavy atom. The molecule has 0 amide bonds. The van der Waals surface area contributed by atoms with Gasteiger partial charge in [-0.25, -0.2) is 4.79 Å². The number of benzene rings is 1. The summed E-state index contributed by atoms with van der Waals surface area (Å²) in [6.45, 7) is 6.01. The maximum atomic E-state index is 11.6. The number of carbonyl (C=O) groups excluding carboxylic acids is 1. The number of esters is 1. The Kier molecular flexibility index (Phi) is 6.35. The van der Waals surface area contributed by atoms with E-state index in [1.165, 1.54) is 36.5 Å². The Morgan fingerprint density at radius 1 is 1.19 bits per heavy atom. The third-order valence-corrected chi connectivity index (χ3v) is 6.31.